The fourth-order valence-corrected chi connectivity index (χ4v) is 5.59. The average Bonchev–Trinajstić information content (AvgIpc) is 3.73. The van der Waals surface area contributed by atoms with Gasteiger partial charge in [0, 0.05) is 40.9 Å². The lowest BCUT2D eigenvalue weighted by Gasteiger charge is -2.40. The maximum atomic E-state index is 13.9. The van der Waals surface area contributed by atoms with Crippen molar-refractivity contribution in [3.63, 3.8) is 0 Å². The van der Waals surface area contributed by atoms with Gasteiger partial charge in [0.2, 0.25) is 5.91 Å². The third-order valence-electron chi connectivity index (χ3n) is 7.30. The summed E-state index contributed by atoms with van der Waals surface area (Å²) in [6, 6.07) is 24.8. The van der Waals surface area contributed by atoms with Gasteiger partial charge in [-0.3, -0.25) is 4.79 Å². The molecule has 3 heterocycles. The second-order valence-electron chi connectivity index (χ2n) is 9.79. The van der Waals surface area contributed by atoms with Crippen LogP contribution >= 0.6 is 11.6 Å². The molecule has 1 aliphatic heterocycles. The molecule has 0 bridgehead atoms. The number of tetrazole rings is 1. The summed E-state index contributed by atoms with van der Waals surface area (Å²) >= 11 is 6.28. The van der Waals surface area contributed by atoms with E-state index in [1.807, 2.05) is 53.6 Å². The Morgan fingerprint density at radius 2 is 1.98 bits per heavy atom. The van der Waals surface area contributed by atoms with E-state index in [0.29, 0.717) is 34.2 Å². The molecule has 202 valence electrons. The minimum Gasteiger partial charge on any atom is -0.346 e. The van der Waals surface area contributed by atoms with E-state index in [1.54, 1.807) is 30.4 Å². The molecule has 0 aliphatic carbocycles. The van der Waals surface area contributed by atoms with Crippen LogP contribution in [0.25, 0.3) is 23.0 Å². The lowest BCUT2D eigenvalue weighted by Crippen LogP contribution is -2.41. The molecule has 1 N–H and O–H groups in total. The van der Waals surface area contributed by atoms with Crippen LogP contribution in [0.3, 0.4) is 0 Å². The fourth-order valence-electron chi connectivity index (χ4n) is 5.41. The van der Waals surface area contributed by atoms with Gasteiger partial charge in [0.05, 0.1) is 29.1 Å². The van der Waals surface area contributed by atoms with E-state index in [9.17, 15) is 10.1 Å². The number of carbonyl (C=O) groups excluding carboxylic acids is 1. The van der Waals surface area contributed by atoms with Gasteiger partial charge < -0.3 is 9.88 Å². The van der Waals surface area contributed by atoms with Crippen LogP contribution < -0.4 is 0 Å². The van der Waals surface area contributed by atoms with Gasteiger partial charge >= 0.3 is 0 Å². The van der Waals surface area contributed by atoms with Crippen molar-refractivity contribution in [2.24, 2.45) is 0 Å². The molecule has 0 radical (unpaired) electrons. The summed E-state index contributed by atoms with van der Waals surface area (Å²) in [5.74, 6) is 0.618. The zero-order chi connectivity index (χ0) is 28.2. The van der Waals surface area contributed by atoms with Crippen molar-refractivity contribution in [3.05, 3.63) is 119 Å². The number of aromatic amines is 1. The number of H-pyrrole nitrogens is 1. The van der Waals surface area contributed by atoms with Crippen LogP contribution in [0.15, 0.2) is 91.4 Å². The highest BCUT2D eigenvalue weighted by Gasteiger charge is 2.37. The molecule has 0 spiro atoms. The molecule has 9 nitrogen and oxygen atoms in total. The number of hydrogen-bond acceptors (Lipinski definition) is 6. The van der Waals surface area contributed by atoms with Crippen LogP contribution in [-0.4, -0.2) is 47.5 Å². The number of benzene rings is 3. The van der Waals surface area contributed by atoms with E-state index in [0.717, 1.165) is 29.7 Å². The van der Waals surface area contributed by atoms with Crippen molar-refractivity contribution < 1.29 is 4.79 Å². The number of halogens is 1. The van der Waals surface area contributed by atoms with Crippen LogP contribution in [0.4, 0.5) is 0 Å². The number of nitrogens with one attached hydrogen (secondary N) is 1. The Kier molecular flexibility index (Phi) is 7.39. The first-order valence-electron chi connectivity index (χ1n) is 13.2. The number of nitriles is 1. The van der Waals surface area contributed by atoms with E-state index in [4.69, 9.17) is 16.6 Å². The molecular weight excluding hydrogens is 536 g/mol. The number of hydrogen-bond donors (Lipinski definition) is 1. The summed E-state index contributed by atoms with van der Waals surface area (Å²) in [4.78, 5) is 24.0. The van der Waals surface area contributed by atoms with Crippen LogP contribution in [0, 0.1) is 11.3 Å². The summed E-state index contributed by atoms with van der Waals surface area (Å²) in [6.45, 7) is 0.590. The van der Waals surface area contributed by atoms with Crippen LogP contribution in [0.2, 0.25) is 5.02 Å². The second-order valence-corrected chi connectivity index (χ2v) is 10.2. The van der Waals surface area contributed by atoms with E-state index < -0.39 is 0 Å². The Morgan fingerprint density at radius 1 is 1.10 bits per heavy atom. The van der Waals surface area contributed by atoms with Gasteiger partial charge in [-0.1, -0.05) is 54.1 Å². The maximum Gasteiger partial charge on any atom is 0.247 e. The van der Waals surface area contributed by atoms with E-state index in [-0.39, 0.29) is 17.9 Å². The van der Waals surface area contributed by atoms with Crippen LogP contribution in [-0.2, 0) is 4.79 Å². The van der Waals surface area contributed by atoms with Gasteiger partial charge in [-0.05, 0) is 65.2 Å². The predicted octanol–water partition coefficient (Wildman–Crippen LogP) is 5.74. The number of piperidine rings is 1. The molecule has 3 aromatic carbocycles. The SMILES string of the molecule is N#Cc1cccc(-c2c[nH]c(C3C(c4ccccc4)CCCN3C(=O)/C=C/c3cc(Cl)ccc3-n3cnnn3)n2)c1. The van der Waals surface area contributed by atoms with Crippen LogP contribution in [0.5, 0.6) is 0 Å². The molecule has 1 aliphatic rings. The lowest BCUT2D eigenvalue weighted by atomic mass is 9.83. The highest BCUT2D eigenvalue weighted by molar-refractivity contribution is 6.30. The number of nitrogens with zero attached hydrogens (tertiary/aromatic N) is 7. The minimum absolute atomic E-state index is 0.0506. The Hall–Kier alpha value is -5.07. The van der Waals surface area contributed by atoms with E-state index >= 15 is 0 Å². The first-order valence-corrected chi connectivity index (χ1v) is 13.6. The molecule has 2 unspecified atom stereocenters. The van der Waals surface area contributed by atoms with Crippen molar-refractivity contribution in [2.45, 2.75) is 24.8 Å². The molecule has 2 aromatic heterocycles. The maximum absolute atomic E-state index is 13.9. The largest absolute Gasteiger partial charge is 0.346 e. The quantitative estimate of drug-likeness (QED) is 0.265. The smallest absolute Gasteiger partial charge is 0.247 e. The van der Waals surface area contributed by atoms with E-state index in [1.165, 1.54) is 11.0 Å². The molecule has 6 rings (SSSR count). The van der Waals surface area contributed by atoms with Gasteiger partial charge in [0.1, 0.15) is 12.2 Å². The molecule has 10 heteroatoms. The van der Waals surface area contributed by atoms with Gasteiger partial charge in [0.15, 0.2) is 0 Å². The van der Waals surface area contributed by atoms with Gasteiger partial charge in [-0.2, -0.15) is 9.94 Å². The predicted molar refractivity (Wildman–Crippen MR) is 155 cm³/mol. The highest BCUT2D eigenvalue weighted by atomic mass is 35.5. The summed E-state index contributed by atoms with van der Waals surface area (Å²) < 4.78 is 1.53. The molecular formula is C31H25ClN8O. The summed E-state index contributed by atoms with van der Waals surface area (Å²) in [5.41, 5.74) is 4.70. The Bertz CT molecular complexity index is 1740. The number of rotatable bonds is 6. The fraction of sp³-hybridized carbons (Fsp3) is 0.161. The minimum atomic E-state index is -0.311. The van der Waals surface area contributed by atoms with E-state index in [2.05, 4.69) is 38.7 Å². The second kappa shape index (κ2) is 11.6. The summed E-state index contributed by atoms with van der Waals surface area (Å²) in [7, 11) is 0. The van der Waals surface area contributed by atoms with Crippen molar-refractivity contribution in [1.82, 2.24) is 35.1 Å². The summed E-state index contributed by atoms with van der Waals surface area (Å²) in [6.07, 6.45) is 8.43. The molecule has 5 aromatic rings. The number of carbonyl (C=O) groups is 1. The van der Waals surface area contributed by atoms with Crippen molar-refractivity contribution in [3.8, 4) is 23.0 Å². The number of aromatic nitrogens is 6. The van der Waals surface area contributed by atoms with Crippen molar-refractivity contribution in [2.75, 3.05) is 6.54 Å². The summed E-state index contributed by atoms with van der Waals surface area (Å²) in [5, 5.41) is 21.3. The number of imidazole rings is 1. The number of likely N-dealkylation sites (tertiary alicyclic amines) is 1. The zero-order valence-electron chi connectivity index (χ0n) is 21.9. The first-order chi connectivity index (χ1) is 20.1. The van der Waals surface area contributed by atoms with Gasteiger partial charge in [-0.25, -0.2) is 4.98 Å². The molecule has 1 amide bonds. The topological polar surface area (TPSA) is 116 Å². The Balaban J connectivity index is 1.36. The van der Waals surface area contributed by atoms with Gasteiger partial charge in [-0.15, -0.1) is 5.10 Å². The van der Waals surface area contributed by atoms with Gasteiger partial charge in [0.25, 0.3) is 0 Å². The average molecular weight is 561 g/mol. The van der Waals surface area contributed by atoms with Crippen molar-refractivity contribution in [1.29, 1.82) is 5.26 Å². The number of amides is 1. The molecule has 1 fully saturated rings. The Morgan fingerprint density at radius 3 is 2.78 bits per heavy atom. The molecule has 1 saturated heterocycles. The van der Waals surface area contributed by atoms with Crippen LogP contribution in [0.1, 0.15) is 47.3 Å². The third kappa shape index (κ3) is 5.51. The first kappa shape index (κ1) is 26.2. The zero-order valence-corrected chi connectivity index (χ0v) is 22.7. The van der Waals surface area contributed by atoms with Crippen molar-refractivity contribution >= 4 is 23.6 Å². The standard InChI is InChI=1S/C31H25ClN8O/c32-25-12-13-28(40-20-35-37-38-40)24(17-25)11-14-29(41)39-15-5-10-26(22-7-2-1-3-8-22)30(39)31-34-19-27(36-31)23-9-4-6-21(16-23)18-33/h1-4,6-9,11-14,16-17,19-20,26,30H,5,10,15H2,(H,34,36)/b14-11+. The molecule has 41 heavy (non-hydrogen) atoms. The highest BCUT2D eigenvalue weighted by Crippen LogP contribution is 2.42. The lowest BCUT2D eigenvalue weighted by molar-refractivity contribution is -0.130. The molecule has 2 atom stereocenters. The monoisotopic (exact) mass is 560 g/mol. The third-order valence-corrected chi connectivity index (χ3v) is 7.53. The Labute approximate surface area is 241 Å². The normalized spacial score (nSPS) is 17.0. The molecule has 0 saturated carbocycles.